The number of thiophene rings is 1. The lowest BCUT2D eigenvalue weighted by Gasteiger charge is -2.18. The fraction of sp³-hybridized carbons (Fsp3) is 0.190. The van der Waals surface area contributed by atoms with Crippen LogP contribution >= 0.6 is 11.3 Å². The molecule has 0 aliphatic carbocycles. The number of hydrogen-bond acceptors (Lipinski definition) is 3. The molecule has 4 heteroatoms. The summed E-state index contributed by atoms with van der Waals surface area (Å²) >= 11 is 1.70. The minimum Gasteiger partial charge on any atom is -0.497 e. The lowest BCUT2D eigenvalue weighted by molar-refractivity contribution is -0.117. The number of carbonyl (C=O) groups excluding carboxylic acids is 1. The quantitative estimate of drug-likeness (QED) is 0.691. The molecule has 1 aliphatic rings. The molecule has 1 amide bonds. The summed E-state index contributed by atoms with van der Waals surface area (Å²) in [6.07, 6.45) is 1.31. The van der Waals surface area contributed by atoms with Gasteiger partial charge in [-0.1, -0.05) is 18.2 Å². The predicted octanol–water partition coefficient (Wildman–Crippen LogP) is 4.56. The summed E-state index contributed by atoms with van der Waals surface area (Å²) < 4.78 is 5.24. The predicted molar refractivity (Wildman–Crippen MR) is 103 cm³/mol. The minimum absolute atomic E-state index is 0.135. The van der Waals surface area contributed by atoms with Gasteiger partial charge in [0.2, 0.25) is 5.91 Å². The van der Waals surface area contributed by atoms with E-state index in [0.717, 1.165) is 30.0 Å². The van der Waals surface area contributed by atoms with E-state index in [2.05, 4.69) is 35.0 Å². The number of hydrogen-bond donors (Lipinski definition) is 0. The average molecular weight is 349 g/mol. The van der Waals surface area contributed by atoms with Crippen LogP contribution in [0.4, 0.5) is 5.69 Å². The van der Waals surface area contributed by atoms with Gasteiger partial charge in [0.25, 0.3) is 0 Å². The Morgan fingerprint density at radius 2 is 2.08 bits per heavy atom. The first-order valence-corrected chi connectivity index (χ1v) is 9.27. The second-order valence-electron chi connectivity index (χ2n) is 6.18. The molecule has 4 rings (SSSR count). The van der Waals surface area contributed by atoms with E-state index in [9.17, 15) is 4.79 Å². The van der Waals surface area contributed by atoms with Crippen LogP contribution in [0.15, 0.2) is 59.3 Å². The van der Waals surface area contributed by atoms with Crippen molar-refractivity contribution in [1.82, 2.24) is 0 Å². The minimum atomic E-state index is 0.135. The van der Waals surface area contributed by atoms with Crippen molar-refractivity contribution in [2.75, 3.05) is 18.6 Å². The highest BCUT2D eigenvalue weighted by atomic mass is 32.1. The van der Waals surface area contributed by atoms with Crippen LogP contribution in [0.2, 0.25) is 0 Å². The molecule has 0 atom stereocenters. The fourth-order valence-corrected chi connectivity index (χ4v) is 3.99. The summed E-state index contributed by atoms with van der Waals surface area (Å²) in [7, 11) is 1.64. The van der Waals surface area contributed by atoms with Gasteiger partial charge in [0, 0.05) is 12.2 Å². The molecule has 0 unspecified atom stereocenters. The number of rotatable bonds is 4. The molecule has 3 aromatic rings. The second kappa shape index (κ2) is 6.73. The van der Waals surface area contributed by atoms with Crippen LogP contribution in [0.1, 0.15) is 11.1 Å². The average Bonchev–Trinajstić information content (AvgIpc) is 3.31. The van der Waals surface area contributed by atoms with Gasteiger partial charge in [-0.3, -0.25) is 4.79 Å². The van der Waals surface area contributed by atoms with Crippen molar-refractivity contribution in [2.24, 2.45) is 0 Å². The molecule has 0 N–H and O–H groups in total. The number of carbonyl (C=O) groups is 1. The summed E-state index contributed by atoms with van der Waals surface area (Å²) in [4.78, 5) is 14.7. The molecular formula is C21H19NO2S. The molecule has 3 nitrogen and oxygen atoms in total. The van der Waals surface area contributed by atoms with E-state index in [1.54, 1.807) is 18.4 Å². The van der Waals surface area contributed by atoms with Gasteiger partial charge in [-0.15, -0.1) is 0 Å². The monoisotopic (exact) mass is 349 g/mol. The fourth-order valence-electron chi connectivity index (χ4n) is 3.32. The molecule has 0 bridgehead atoms. The first kappa shape index (κ1) is 15.9. The molecule has 0 saturated carbocycles. The third kappa shape index (κ3) is 3.17. The zero-order valence-corrected chi connectivity index (χ0v) is 14.9. The highest BCUT2D eigenvalue weighted by Crippen LogP contribution is 2.33. The Labute approximate surface area is 151 Å². The van der Waals surface area contributed by atoms with Gasteiger partial charge in [0.1, 0.15) is 5.75 Å². The lowest BCUT2D eigenvalue weighted by atomic mass is 10.0. The molecule has 25 heavy (non-hydrogen) atoms. The van der Waals surface area contributed by atoms with Crippen LogP contribution in [0.3, 0.4) is 0 Å². The van der Waals surface area contributed by atoms with Crippen molar-refractivity contribution in [3.05, 3.63) is 70.4 Å². The van der Waals surface area contributed by atoms with Crippen molar-refractivity contribution in [2.45, 2.75) is 12.8 Å². The molecule has 0 saturated heterocycles. The van der Waals surface area contributed by atoms with Gasteiger partial charge in [0.15, 0.2) is 0 Å². The molecular weight excluding hydrogens is 330 g/mol. The topological polar surface area (TPSA) is 29.5 Å². The summed E-state index contributed by atoms with van der Waals surface area (Å²) in [5.41, 5.74) is 5.75. The van der Waals surface area contributed by atoms with Gasteiger partial charge in [0.05, 0.1) is 13.5 Å². The van der Waals surface area contributed by atoms with Gasteiger partial charge >= 0.3 is 0 Å². The Morgan fingerprint density at radius 3 is 2.88 bits per heavy atom. The maximum Gasteiger partial charge on any atom is 0.231 e. The first-order chi connectivity index (χ1) is 12.2. The molecule has 0 spiro atoms. The summed E-state index contributed by atoms with van der Waals surface area (Å²) in [6.45, 7) is 0.755. The largest absolute Gasteiger partial charge is 0.497 e. The Balaban J connectivity index is 1.54. The Morgan fingerprint density at radius 1 is 1.16 bits per heavy atom. The van der Waals surface area contributed by atoms with Crippen LogP contribution in [-0.2, 0) is 17.6 Å². The highest BCUT2D eigenvalue weighted by Gasteiger charge is 2.25. The molecule has 0 fully saturated rings. The van der Waals surface area contributed by atoms with Gasteiger partial charge in [-0.2, -0.15) is 11.3 Å². The number of anilines is 1. The van der Waals surface area contributed by atoms with E-state index in [-0.39, 0.29) is 5.91 Å². The second-order valence-corrected chi connectivity index (χ2v) is 6.96. The number of fused-ring (bicyclic) bond motifs is 1. The third-order valence-corrected chi connectivity index (χ3v) is 5.30. The van der Waals surface area contributed by atoms with Gasteiger partial charge in [-0.25, -0.2) is 0 Å². The van der Waals surface area contributed by atoms with Crippen LogP contribution in [0.5, 0.6) is 5.75 Å². The van der Waals surface area contributed by atoms with Crippen molar-refractivity contribution < 1.29 is 9.53 Å². The van der Waals surface area contributed by atoms with Crippen LogP contribution in [0.25, 0.3) is 11.1 Å². The van der Waals surface area contributed by atoms with E-state index in [4.69, 9.17) is 4.74 Å². The van der Waals surface area contributed by atoms with Crippen LogP contribution < -0.4 is 9.64 Å². The number of amides is 1. The molecule has 2 heterocycles. The Kier molecular flexibility index (Phi) is 4.28. The summed E-state index contributed by atoms with van der Waals surface area (Å²) in [6, 6.07) is 16.3. The maximum absolute atomic E-state index is 12.8. The SMILES string of the molecule is COc1cccc(CC(=O)N2CCc3cc(-c4ccsc4)ccc32)c1. The van der Waals surface area contributed by atoms with Crippen molar-refractivity contribution in [1.29, 1.82) is 0 Å². The zero-order chi connectivity index (χ0) is 17.2. The number of nitrogens with zero attached hydrogens (tertiary/aromatic N) is 1. The van der Waals surface area contributed by atoms with E-state index in [0.29, 0.717) is 6.42 Å². The Bertz CT molecular complexity index is 902. The number of benzene rings is 2. The van der Waals surface area contributed by atoms with E-state index in [1.165, 1.54) is 16.7 Å². The van der Waals surface area contributed by atoms with Gasteiger partial charge < -0.3 is 9.64 Å². The zero-order valence-electron chi connectivity index (χ0n) is 14.1. The molecule has 2 aromatic carbocycles. The number of methoxy groups -OCH3 is 1. The summed E-state index contributed by atoms with van der Waals surface area (Å²) in [5, 5.41) is 4.24. The first-order valence-electron chi connectivity index (χ1n) is 8.33. The Hall–Kier alpha value is -2.59. The highest BCUT2D eigenvalue weighted by molar-refractivity contribution is 7.08. The van der Waals surface area contributed by atoms with E-state index < -0.39 is 0 Å². The van der Waals surface area contributed by atoms with E-state index >= 15 is 0 Å². The lowest BCUT2D eigenvalue weighted by Crippen LogP contribution is -2.30. The normalized spacial score (nSPS) is 12.9. The van der Waals surface area contributed by atoms with Crippen LogP contribution in [-0.4, -0.2) is 19.6 Å². The van der Waals surface area contributed by atoms with Crippen molar-refractivity contribution in [3.63, 3.8) is 0 Å². The smallest absolute Gasteiger partial charge is 0.231 e. The molecule has 126 valence electrons. The maximum atomic E-state index is 12.8. The standard InChI is InChI=1S/C21H19NO2S/c1-24-19-4-2-3-15(11-19)12-21(23)22-9-7-17-13-16(5-6-20(17)22)18-8-10-25-14-18/h2-6,8,10-11,13-14H,7,9,12H2,1H3. The molecule has 1 aliphatic heterocycles. The van der Waals surface area contributed by atoms with Crippen molar-refractivity contribution in [3.8, 4) is 16.9 Å². The van der Waals surface area contributed by atoms with E-state index in [1.807, 2.05) is 29.2 Å². The van der Waals surface area contributed by atoms with Crippen molar-refractivity contribution >= 4 is 22.9 Å². The third-order valence-electron chi connectivity index (χ3n) is 4.62. The number of ether oxygens (including phenoxy) is 1. The van der Waals surface area contributed by atoms with Gasteiger partial charge in [-0.05, 0) is 69.8 Å². The molecule has 0 radical (unpaired) electrons. The summed E-state index contributed by atoms with van der Waals surface area (Å²) in [5.74, 6) is 0.919. The van der Waals surface area contributed by atoms with Crippen LogP contribution in [0, 0.1) is 0 Å². The molecule has 1 aromatic heterocycles.